The zero-order chi connectivity index (χ0) is 20.1. The smallest absolute Gasteiger partial charge is 0.157 e. The number of hydrogen-bond donors (Lipinski definition) is 0. The highest BCUT2D eigenvalue weighted by atomic mass is 79.9. The third kappa shape index (κ3) is 4.94. The summed E-state index contributed by atoms with van der Waals surface area (Å²) in [6.45, 7) is 0.00361. The van der Waals surface area contributed by atoms with Crippen molar-refractivity contribution < 1.29 is 9.13 Å². The Morgan fingerprint density at radius 3 is 2.32 bits per heavy atom. The van der Waals surface area contributed by atoms with Crippen molar-refractivity contribution in [1.82, 2.24) is 0 Å². The molecule has 3 rings (SSSR count). The predicted molar refractivity (Wildman–Crippen MR) is 115 cm³/mol. The van der Waals surface area contributed by atoms with Gasteiger partial charge in [-0.15, -0.1) is 0 Å². The van der Waals surface area contributed by atoms with Gasteiger partial charge in [0.2, 0.25) is 0 Å². The molecule has 0 spiro atoms. The number of rotatable bonds is 5. The van der Waals surface area contributed by atoms with E-state index >= 15 is 0 Å². The van der Waals surface area contributed by atoms with E-state index in [0.717, 1.165) is 10.0 Å². The summed E-state index contributed by atoms with van der Waals surface area (Å²) in [6, 6.07) is 19.2. The Labute approximate surface area is 180 Å². The van der Waals surface area contributed by atoms with Crippen LogP contribution in [0.3, 0.4) is 0 Å². The van der Waals surface area contributed by atoms with Gasteiger partial charge in [-0.25, -0.2) is 4.39 Å². The number of benzene rings is 3. The van der Waals surface area contributed by atoms with Gasteiger partial charge in [-0.05, 0) is 47.5 Å². The Bertz CT molecular complexity index is 1050. The highest BCUT2D eigenvalue weighted by Gasteiger charge is 2.12. The lowest BCUT2D eigenvalue weighted by Crippen LogP contribution is -1.99. The second-order valence-electron chi connectivity index (χ2n) is 5.87. The molecule has 0 aliphatic carbocycles. The van der Waals surface area contributed by atoms with Crippen molar-refractivity contribution in [3.63, 3.8) is 0 Å². The van der Waals surface area contributed by atoms with E-state index in [1.54, 1.807) is 36.4 Å². The predicted octanol–water partition coefficient (Wildman–Crippen LogP) is 7.54. The van der Waals surface area contributed by atoms with Crippen molar-refractivity contribution >= 4 is 50.8 Å². The molecule has 6 heteroatoms. The summed E-state index contributed by atoms with van der Waals surface area (Å²) in [5.41, 5.74) is 2.31. The van der Waals surface area contributed by atoms with Gasteiger partial charge in [-0.2, -0.15) is 5.26 Å². The fourth-order valence-corrected chi connectivity index (χ4v) is 3.42. The van der Waals surface area contributed by atoms with E-state index in [9.17, 15) is 9.65 Å². The molecule has 0 atom stereocenters. The van der Waals surface area contributed by atoms with Gasteiger partial charge >= 0.3 is 0 Å². The third-order valence-electron chi connectivity index (χ3n) is 3.94. The molecular weight excluding hydrogens is 464 g/mol. The van der Waals surface area contributed by atoms with E-state index in [-0.39, 0.29) is 28.2 Å². The maximum absolute atomic E-state index is 13.7. The molecule has 0 radical (unpaired) electrons. The Hall–Kier alpha value is -2.32. The van der Waals surface area contributed by atoms with Crippen molar-refractivity contribution in [3.05, 3.63) is 97.7 Å². The molecule has 0 amide bonds. The second-order valence-corrected chi connectivity index (χ2v) is 7.60. The summed E-state index contributed by atoms with van der Waals surface area (Å²) in [5.74, 6) is -0.0895. The zero-order valence-corrected chi connectivity index (χ0v) is 17.5. The van der Waals surface area contributed by atoms with Crippen LogP contribution in [-0.2, 0) is 6.61 Å². The molecule has 0 saturated heterocycles. The van der Waals surface area contributed by atoms with E-state index in [0.29, 0.717) is 16.7 Å². The fourth-order valence-electron chi connectivity index (χ4n) is 2.54. The second kappa shape index (κ2) is 9.25. The number of halogens is 4. The normalized spacial score (nSPS) is 11.2. The average Bonchev–Trinajstić information content (AvgIpc) is 2.67. The molecular formula is C22H13BrCl2FNO. The summed E-state index contributed by atoms with van der Waals surface area (Å²) in [5, 5.41) is 10.0. The van der Waals surface area contributed by atoms with Crippen molar-refractivity contribution in [2.75, 3.05) is 0 Å². The van der Waals surface area contributed by atoms with Gasteiger partial charge in [0.25, 0.3) is 0 Å². The standard InChI is InChI=1S/C22H13BrCl2FNO/c23-18-7-5-15(6-8-18)17(12-27)9-14-10-19(24)22(20(25)11-14)28-13-16-3-1-2-4-21(16)26/h1-11H,13H2/b17-9+. The molecule has 0 fully saturated rings. The summed E-state index contributed by atoms with van der Waals surface area (Å²) < 4.78 is 20.3. The SMILES string of the molecule is N#C/C(=C\c1cc(Cl)c(OCc2ccccc2F)c(Cl)c1)c1ccc(Br)cc1. The topological polar surface area (TPSA) is 33.0 Å². The molecule has 0 aliphatic rings. The van der Waals surface area contributed by atoms with Gasteiger partial charge in [-0.1, -0.05) is 69.5 Å². The van der Waals surface area contributed by atoms with E-state index in [1.807, 2.05) is 24.3 Å². The number of hydrogen-bond acceptors (Lipinski definition) is 2. The minimum atomic E-state index is -0.359. The van der Waals surface area contributed by atoms with Crippen LogP contribution in [0.25, 0.3) is 11.6 Å². The van der Waals surface area contributed by atoms with Crippen LogP contribution in [0, 0.1) is 17.1 Å². The highest BCUT2D eigenvalue weighted by Crippen LogP contribution is 2.36. The molecule has 0 N–H and O–H groups in total. The first-order valence-electron chi connectivity index (χ1n) is 8.21. The van der Waals surface area contributed by atoms with Crippen LogP contribution in [0.2, 0.25) is 10.0 Å². The van der Waals surface area contributed by atoms with Gasteiger partial charge in [0, 0.05) is 10.0 Å². The quantitative estimate of drug-likeness (QED) is 0.281. The van der Waals surface area contributed by atoms with Gasteiger partial charge in [0.15, 0.2) is 5.75 Å². The molecule has 0 unspecified atom stereocenters. The van der Waals surface area contributed by atoms with Crippen molar-refractivity contribution in [2.24, 2.45) is 0 Å². The van der Waals surface area contributed by atoms with Crippen LogP contribution in [-0.4, -0.2) is 0 Å². The van der Waals surface area contributed by atoms with Crippen LogP contribution in [0.15, 0.2) is 65.1 Å². The molecule has 0 aromatic heterocycles. The van der Waals surface area contributed by atoms with E-state index in [1.165, 1.54) is 6.07 Å². The van der Waals surface area contributed by atoms with Gasteiger partial charge < -0.3 is 4.74 Å². The van der Waals surface area contributed by atoms with Crippen molar-refractivity contribution in [1.29, 1.82) is 5.26 Å². The molecule has 3 aromatic rings. The monoisotopic (exact) mass is 475 g/mol. The lowest BCUT2D eigenvalue weighted by molar-refractivity contribution is 0.300. The van der Waals surface area contributed by atoms with Crippen LogP contribution >= 0.6 is 39.1 Å². The lowest BCUT2D eigenvalue weighted by Gasteiger charge is -2.11. The van der Waals surface area contributed by atoms with Crippen molar-refractivity contribution in [2.45, 2.75) is 6.61 Å². The summed E-state index contributed by atoms with van der Waals surface area (Å²) in [6.07, 6.45) is 1.70. The Balaban J connectivity index is 1.86. The minimum Gasteiger partial charge on any atom is -0.486 e. The van der Waals surface area contributed by atoms with E-state index < -0.39 is 0 Å². The molecule has 140 valence electrons. The van der Waals surface area contributed by atoms with Crippen LogP contribution in [0.1, 0.15) is 16.7 Å². The zero-order valence-electron chi connectivity index (χ0n) is 14.4. The Morgan fingerprint density at radius 2 is 1.71 bits per heavy atom. The maximum Gasteiger partial charge on any atom is 0.157 e. The first-order valence-corrected chi connectivity index (χ1v) is 9.76. The summed E-state index contributed by atoms with van der Waals surface area (Å²) in [7, 11) is 0. The molecule has 0 aliphatic heterocycles. The van der Waals surface area contributed by atoms with Crippen LogP contribution in [0.5, 0.6) is 5.75 Å². The van der Waals surface area contributed by atoms with Gasteiger partial charge in [0.05, 0.1) is 21.7 Å². The first-order chi connectivity index (χ1) is 13.5. The highest BCUT2D eigenvalue weighted by molar-refractivity contribution is 9.10. The Kier molecular flexibility index (Phi) is 6.74. The first kappa shape index (κ1) is 20.4. The molecule has 0 bridgehead atoms. The molecule has 2 nitrogen and oxygen atoms in total. The van der Waals surface area contributed by atoms with Gasteiger partial charge in [0.1, 0.15) is 12.4 Å². The van der Waals surface area contributed by atoms with Crippen molar-refractivity contribution in [3.8, 4) is 11.8 Å². The van der Waals surface area contributed by atoms with E-state index in [4.69, 9.17) is 27.9 Å². The largest absolute Gasteiger partial charge is 0.486 e. The molecule has 28 heavy (non-hydrogen) atoms. The number of nitriles is 1. The average molecular weight is 477 g/mol. The fraction of sp³-hybridized carbons (Fsp3) is 0.0455. The Morgan fingerprint density at radius 1 is 1.07 bits per heavy atom. The molecule has 3 aromatic carbocycles. The molecule has 0 saturated carbocycles. The number of allylic oxidation sites excluding steroid dienone is 1. The third-order valence-corrected chi connectivity index (χ3v) is 5.03. The number of nitrogens with zero attached hydrogens (tertiary/aromatic N) is 1. The minimum absolute atomic E-state index is 0.00361. The van der Waals surface area contributed by atoms with E-state index in [2.05, 4.69) is 22.0 Å². The lowest BCUT2D eigenvalue weighted by atomic mass is 10.0. The summed E-state index contributed by atoms with van der Waals surface area (Å²) >= 11 is 16.0. The molecule has 0 heterocycles. The summed E-state index contributed by atoms with van der Waals surface area (Å²) in [4.78, 5) is 0. The van der Waals surface area contributed by atoms with Gasteiger partial charge in [-0.3, -0.25) is 0 Å². The number of ether oxygens (including phenoxy) is 1. The maximum atomic E-state index is 13.7. The van der Waals surface area contributed by atoms with Crippen LogP contribution < -0.4 is 4.74 Å². The van der Waals surface area contributed by atoms with Crippen LogP contribution in [0.4, 0.5) is 4.39 Å².